The largest absolute Gasteiger partial charge is 0.396 e. The molecule has 0 unspecified atom stereocenters. The van der Waals surface area contributed by atoms with E-state index in [2.05, 4.69) is 20.6 Å². The number of aldehydes is 1. The minimum Gasteiger partial charge on any atom is -0.396 e. The van der Waals surface area contributed by atoms with Crippen molar-refractivity contribution >= 4 is 34.8 Å². The van der Waals surface area contributed by atoms with Gasteiger partial charge in [0.1, 0.15) is 5.69 Å². The highest BCUT2D eigenvalue weighted by Crippen LogP contribution is 2.26. The first-order chi connectivity index (χ1) is 16.4. The van der Waals surface area contributed by atoms with Crippen LogP contribution in [0.2, 0.25) is 0 Å². The fourth-order valence-electron chi connectivity index (χ4n) is 3.34. The Bertz CT molecular complexity index is 1340. The van der Waals surface area contributed by atoms with Gasteiger partial charge in [-0.3, -0.25) is 9.78 Å². The Morgan fingerprint density at radius 2 is 1.97 bits per heavy atom. The third kappa shape index (κ3) is 4.66. The Balaban J connectivity index is 1.69. The summed E-state index contributed by atoms with van der Waals surface area (Å²) >= 11 is 0. The van der Waals surface area contributed by atoms with Crippen LogP contribution in [0.1, 0.15) is 29.9 Å². The van der Waals surface area contributed by atoms with Crippen LogP contribution in [0.25, 0.3) is 22.6 Å². The third-order valence-corrected chi connectivity index (χ3v) is 5.27. The van der Waals surface area contributed by atoms with Crippen molar-refractivity contribution in [3.05, 3.63) is 72.3 Å². The zero-order chi connectivity index (χ0) is 24.2. The van der Waals surface area contributed by atoms with E-state index in [4.69, 9.17) is 16.7 Å². The molecular weight excluding hydrogens is 430 g/mol. The first-order valence-corrected chi connectivity index (χ1v) is 10.8. The van der Waals surface area contributed by atoms with E-state index in [0.717, 1.165) is 28.9 Å². The topological polar surface area (TPSA) is 139 Å². The Labute approximate surface area is 197 Å². The molecule has 3 aromatic heterocycles. The average molecular weight is 458 g/mol. The predicted molar refractivity (Wildman–Crippen MR) is 134 cm³/mol. The minimum absolute atomic E-state index is 0.0900. The molecule has 0 aliphatic heterocycles. The maximum atomic E-state index is 10.9. The van der Waals surface area contributed by atoms with Crippen molar-refractivity contribution in [1.82, 2.24) is 24.6 Å². The first kappa shape index (κ1) is 22.7. The molecule has 0 bridgehead atoms. The number of pyridine rings is 1. The minimum atomic E-state index is 0.0900. The normalized spacial score (nSPS) is 11.6. The number of nitrogens with zero attached hydrogens (tertiary/aromatic N) is 5. The molecule has 0 radical (unpaired) electrons. The molecule has 1 aromatic carbocycles. The maximum absolute atomic E-state index is 10.9. The number of anilines is 3. The van der Waals surface area contributed by atoms with Gasteiger partial charge in [-0.05, 0) is 38.1 Å². The molecule has 10 heteroatoms. The number of hydrazine groups is 1. The highest BCUT2D eigenvalue weighted by molar-refractivity contribution is 5.77. The van der Waals surface area contributed by atoms with Gasteiger partial charge >= 0.3 is 0 Å². The van der Waals surface area contributed by atoms with Gasteiger partial charge < -0.3 is 21.4 Å². The summed E-state index contributed by atoms with van der Waals surface area (Å²) in [6.07, 6.45) is 5.66. The molecule has 4 aromatic rings. The molecule has 0 aliphatic rings. The van der Waals surface area contributed by atoms with Crippen LogP contribution < -0.4 is 22.2 Å². The van der Waals surface area contributed by atoms with Crippen LogP contribution in [0.4, 0.5) is 17.2 Å². The SMILES string of the molecule is CNc1cc(Nc2cccc(-c3ccc(C=O)cn3)c2)nn2c(/C(N)=C/N(N)C(C)C)cnc12. The highest BCUT2D eigenvalue weighted by atomic mass is 16.1. The van der Waals surface area contributed by atoms with Gasteiger partial charge in [-0.15, -0.1) is 5.10 Å². The molecular formula is C24H27N9O. The van der Waals surface area contributed by atoms with Crippen LogP contribution in [0.5, 0.6) is 0 Å². The lowest BCUT2D eigenvalue weighted by atomic mass is 10.1. The van der Waals surface area contributed by atoms with E-state index >= 15 is 0 Å². The molecule has 0 amide bonds. The second-order valence-corrected chi connectivity index (χ2v) is 8.00. The second kappa shape index (κ2) is 9.59. The van der Waals surface area contributed by atoms with Gasteiger partial charge in [-0.2, -0.15) is 0 Å². The summed E-state index contributed by atoms with van der Waals surface area (Å²) in [5.41, 5.74) is 11.8. The smallest absolute Gasteiger partial charge is 0.177 e. The number of nitrogens with two attached hydrogens (primary N) is 2. The molecule has 34 heavy (non-hydrogen) atoms. The van der Waals surface area contributed by atoms with E-state index in [-0.39, 0.29) is 6.04 Å². The van der Waals surface area contributed by atoms with Crippen molar-refractivity contribution in [2.45, 2.75) is 19.9 Å². The van der Waals surface area contributed by atoms with Crippen molar-refractivity contribution in [2.75, 3.05) is 17.7 Å². The van der Waals surface area contributed by atoms with Crippen LogP contribution in [0.3, 0.4) is 0 Å². The molecule has 0 atom stereocenters. The lowest BCUT2D eigenvalue weighted by Crippen LogP contribution is -2.33. The van der Waals surface area contributed by atoms with Gasteiger partial charge in [0.15, 0.2) is 17.8 Å². The average Bonchev–Trinajstić information content (AvgIpc) is 3.28. The van der Waals surface area contributed by atoms with Crippen molar-refractivity contribution in [2.24, 2.45) is 11.6 Å². The summed E-state index contributed by atoms with van der Waals surface area (Å²) in [6, 6.07) is 13.3. The second-order valence-electron chi connectivity index (χ2n) is 8.00. The van der Waals surface area contributed by atoms with Crippen LogP contribution in [0.15, 0.2) is 61.1 Å². The summed E-state index contributed by atoms with van der Waals surface area (Å²) in [5.74, 6) is 6.61. The molecule has 0 fully saturated rings. The van der Waals surface area contributed by atoms with Gasteiger partial charge in [-0.1, -0.05) is 12.1 Å². The van der Waals surface area contributed by atoms with E-state index < -0.39 is 0 Å². The number of carbonyl (C=O) groups excluding carboxylic acids is 1. The van der Waals surface area contributed by atoms with Crippen LogP contribution >= 0.6 is 0 Å². The number of fused-ring (bicyclic) bond motifs is 1. The van der Waals surface area contributed by atoms with Crippen LogP contribution in [-0.2, 0) is 0 Å². The number of carbonyl (C=O) groups is 1. The van der Waals surface area contributed by atoms with E-state index in [9.17, 15) is 4.79 Å². The number of hydrogen-bond acceptors (Lipinski definition) is 9. The van der Waals surface area contributed by atoms with Crippen LogP contribution in [-0.4, -0.2) is 44.0 Å². The highest BCUT2D eigenvalue weighted by Gasteiger charge is 2.14. The lowest BCUT2D eigenvalue weighted by Gasteiger charge is -2.19. The zero-order valence-corrected chi connectivity index (χ0v) is 19.2. The summed E-state index contributed by atoms with van der Waals surface area (Å²) in [6.45, 7) is 3.94. The van der Waals surface area contributed by atoms with Crippen molar-refractivity contribution < 1.29 is 4.79 Å². The molecule has 0 saturated carbocycles. The summed E-state index contributed by atoms with van der Waals surface area (Å²) in [4.78, 5) is 19.7. The molecule has 6 N–H and O–H groups in total. The quantitative estimate of drug-likeness (QED) is 0.178. The molecule has 174 valence electrons. The van der Waals surface area contributed by atoms with Gasteiger partial charge in [-0.25, -0.2) is 15.3 Å². The molecule has 4 rings (SSSR count). The number of benzene rings is 1. The van der Waals surface area contributed by atoms with Crippen LogP contribution in [0, 0.1) is 0 Å². The van der Waals surface area contributed by atoms with Crippen molar-refractivity contribution in [1.29, 1.82) is 0 Å². The summed E-state index contributed by atoms with van der Waals surface area (Å²) < 4.78 is 1.68. The van der Waals surface area contributed by atoms with Gasteiger partial charge in [0.25, 0.3) is 0 Å². The first-order valence-electron chi connectivity index (χ1n) is 10.8. The molecule has 0 spiro atoms. The number of hydrogen-bond donors (Lipinski definition) is 4. The molecule has 0 saturated heterocycles. The monoisotopic (exact) mass is 457 g/mol. The number of imidazole rings is 1. The Hall–Kier alpha value is -4.44. The van der Waals surface area contributed by atoms with Crippen molar-refractivity contribution in [3.8, 4) is 11.3 Å². The maximum Gasteiger partial charge on any atom is 0.177 e. The molecule has 3 heterocycles. The standard InChI is InChI=1S/C24H27N9O/c1-15(2)32(26)13-19(25)22-12-29-24-21(27-3)10-23(31-33(22)24)30-18-6-4-5-17(9-18)20-8-7-16(14-34)11-28-20/h4-15,27H,25-26H2,1-3H3,(H,30,31)/b19-13-. The molecule has 10 nitrogen and oxygen atoms in total. The Kier molecular flexibility index (Phi) is 6.42. The van der Waals surface area contributed by atoms with E-state index in [1.807, 2.05) is 57.3 Å². The fourth-order valence-corrected chi connectivity index (χ4v) is 3.34. The Morgan fingerprint density at radius 1 is 1.15 bits per heavy atom. The summed E-state index contributed by atoms with van der Waals surface area (Å²) in [7, 11) is 1.82. The van der Waals surface area contributed by atoms with Gasteiger partial charge in [0.2, 0.25) is 0 Å². The van der Waals surface area contributed by atoms with E-state index in [1.54, 1.807) is 29.2 Å². The number of rotatable bonds is 8. The lowest BCUT2D eigenvalue weighted by molar-refractivity contribution is 0.112. The van der Waals surface area contributed by atoms with Gasteiger partial charge in [0.05, 0.1) is 23.3 Å². The third-order valence-electron chi connectivity index (χ3n) is 5.27. The number of nitrogens with one attached hydrogen (secondary N) is 2. The molecule has 0 aliphatic carbocycles. The van der Waals surface area contributed by atoms with Crippen molar-refractivity contribution in [3.63, 3.8) is 0 Å². The fraction of sp³-hybridized carbons (Fsp3) is 0.167. The Morgan fingerprint density at radius 3 is 2.65 bits per heavy atom. The van der Waals surface area contributed by atoms with E-state index in [0.29, 0.717) is 28.4 Å². The van der Waals surface area contributed by atoms with E-state index in [1.165, 1.54) is 5.01 Å². The number of aromatic nitrogens is 4. The zero-order valence-electron chi connectivity index (χ0n) is 19.2. The summed E-state index contributed by atoms with van der Waals surface area (Å²) in [5, 5.41) is 12.7. The van der Waals surface area contributed by atoms with Gasteiger partial charge in [0, 0.05) is 48.4 Å². The predicted octanol–water partition coefficient (Wildman–Crippen LogP) is 3.23.